The number of halogens is 1. The topological polar surface area (TPSA) is 124 Å². The Morgan fingerprint density at radius 3 is 2.52 bits per heavy atom. The van der Waals surface area contributed by atoms with E-state index in [4.69, 9.17) is 9.72 Å². The standard InChI is InChI=1S/C35H36FN5O5/c1-19-23(25-9-6-10-27(31(25)36)38-32(43)26-18-40(2)35(45)41(3)34(26)44)7-5-8-24(19)28-17-21-12-11-20(30(21)33(39-28)46-4)13-14-22-15-16-29(42)37-22/h5-10,17-18,20,22H,11-16H2,1-4H3,(H,37,42)(H,38,43)/t20-,22+/m0/s1. The Morgan fingerprint density at radius 1 is 1.04 bits per heavy atom. The molecule has 2 N–H and O–H groups in total. The van der Waals surface area contributed by atoms with Crippen molar-refractivity contribution in [3.63, 3.8) is 0 Å². The van der Waals surface area contributed by atoms with Crippen LogP contribution >= 0.6 is 0 Å². The summed E-state index contributed by atoms with van der Waals surface area (Å²) < 4.78 is 23.8. The van der Waals surface area contributed by atoms with Crippen LogP contribution in [0.3, 0.4) is 0 Å². The summed E-state index contributed by atoms with van der Waals surface area (Å²) in [5, 5.41) is 5.56. The average molecular weight is 626 g/mol. The number of aromatic nitrogens is 3. The zero-order valence-electron chi connectivity index (χ0n) is 26.3. The largest absolute Gasteiger partial charge is 0.481 e. The first-order chi connectivity index (χ1) is 22.1. The fourth-order valence-electron chi connectivity index (χ4n) is 6.77. The molecule has 1 aliphatic carbocycles. The number of fused-ring (bicyclic) bond motifs is 1. The molecule has 0 bridgehead atoms. The summed E-state index contributed by atoms with van der Waals surface area (Å²) >= 11 is 0. The number of anilines is 1. The van der Waals surface area contributed by atoms with Crippen LogP contribution < -0.4 is 26.6 Å². The number of benzene rings is 2. The SMILES string of the molecule is COc1nc(-c2cccc(-c3cccc(NC(=O)c4cn(C)c(=O)n(C)c4=O)c3F)c2C)cc2c1[C@H](CC[C@@H]1CCC(=O)N1)CC2. The predicted molar refractivity (Wildman–Crippen MR) is 173 cm³/mol. The molecule has 3 heterocycles. The number of hydrogen-bond donors (Lipinski definition) is 2. The van der Waals surface area contributed by atoms with E-state index in [0.717, 1.165) is 69.8 Å². The number of rotatable bonds is 8. The highest BCUT2D eigenvalue weighted by molar-refractivity contribution is 6.04. The lowest BCUT2D eigenvalue weighted by Crippen LogP contribution is -2.40. The molecule has 46 heavy (non-hydrogen) atoms. The maximum atomic E-state index is 16.0. The van der Waals surface area contributed by atoms with Crippen LogP contribution in [0.2, 0.25) is 0 Å². The first kappa shape index (κ1) is 30.9. The lowest BCUT2D eigenvalue weighted by molar-refractivity contribution is -0.119. The normalized spacial score (nSPS) is 17.1. The van der Waals surface area contributed by atoms with E-state index in [1.165, 1.54) is 25.7 Å². The molecule has 1 saturated heterocycles. The van der Waals surface area contributed by atoms with E-state index >= 15 is 4.39 Å². The lowest BCUT2D eigenvalue weighted by Gasteiger charge is -2.19. The molecule has 2 aliphatic rings. The second kappa shape index (κ2) is 12.4. The number of hydrogen-bond acceptors (Lipinski definition) is 6. The van der Waals surface area contributed by atoms with E-state index in [2.05, 4.69) is 16.7 Å². The number of pyridine rings is 1. The Labute approximate surface area is 265 Å². The molecule has 0 unspecified atom stereocenters. The number of amides is 2. The smallest absolute Gasteiger partial charge is 0.330 e. The van der Waals surface area contributed by atoms with Gasteiger partial charge in [0.2, 0.25) is 11.8 Å². The molecule has 238 valence electrons. The second-order valence-corrected chi connectivity index (χ2v) is 12.1. The molecule has 6 rings (SSSR count). The summed E-state index contributed by atoms with van der Waals surface area (Å²) in [7, 11) is 4.34. The van der Waals surface area contributed by atoms with Crippen LogP contribution in [0.1, 0.15) is 65.1 Å². The first-order valence-electron chi connectivity index (χ1n) is 15.4. The molecular formula is C35H36FN5O5. The van der Waals surface area contributed by atoms with E-state index in [0.29, 0.717) is 23.8 Å². The molecular weight excluding hydrogens is 589 g/mol. The van der Waals surface area contributed by atoms with Gasteiger partial charge in [0.1, 0.15) is 5.56 Å². The van der Waals surface area contributed by atoms with Gasteiger partial charge < -0.3 is 19.9 Å². The van der Waals surface area contributed by atoms with Crippen molar-refractivity contribution < 1.29 is 18.7 Å². The Morgan fingerprint density at radius 2 is 1.78 bits per heavy atom. The van der Waals surface area contributed by atoms with Gasteiger partial charge in [0, 0.05) is 49.4 Å². The Balaban J connectivity index is 1.29. The van der Waals surface area contributed by atoms with Gasteiger partial charge in [0.15, 0.2) is 5.82 Å². The average Bonchev–Trinajstić information content (AvgIpc) is 3.66. The van der Waals surface area contributed by atoms with E-state index < -0.39 is 23.0 Å². The monoisotopic (exact) mass is 625 g/mol. The highest BCUT2D eigenvalue weighted by atomic mass is 19.1. The minimum atomic E-state index is -0.821. The molecule has 1 fully saturated rings. The molecule has 0 radical (unpaired) electrons. The first-order valence-corrected chi connectivity index (χ1v) is 15.4. The third kappa shape index (κ3) is 5.61. The van der Waals surface area contributed by atoms with Crippen LogP contribution in [0.5, 0.6) is 5.88 Å². The molecule has 11 heteroatoms. The highest BCUT2D eigenvalue weighted by Crippen LogP contribution is 2.44. The molecule has 0 saturated carbocycles. The van der Waals surface area contributed by atoms with E-state index in [9.17, 15) is 19.2 Å². The molecule has 1 aliphatic heterocycles. The zero-order chi connectivity index (χ0) is 32.7. The van der Waals surface area contributed by atoms with E-state index in [1.54, 1.807) is 19.2 Å². The fourth-order valence-corrected chi connectivity index (χ4v) is 6.77. The summed E-state index contributed by atoms with van der Waals surface area (Å²) in [6, 6.07) is 12.6. The van der Waals surface area contributed by atoms with Gasteiger partial charge in [-0.2, -0.15) is 0 Å². The second-order valence-electron chi connectivity index (χ2n) is 12.1. The highest BCUT2D eigenvalue weighted by Gasteiger charge is 2.30. The van der Waals surface area contributed by atoms with Gasteiger partial charge in [0.25, 0.3) is 11.5 Å². The van der Waals surface area contributed by atoms with Crippen LogP contribution in [0.15, 0.2) is 58.3 Å². The zero-order valence-corrected chi connectivity index (χ0v) is 26.3. The van der Waals surface area contributed by atoms with E-state index in [-0.39, 0.29) is 28.8 Å². The minimum Gasteiger partial charge on any atom is -0.481 e. The molecule has 0 spiro atoms. The summed E-state index contributed by atoms with van der Waals surface area (Å²) in [5.41, 5.74) is 3.87. The number of nitrogens with zero attached hydrogens (tertiary/aromatic N) is 3. The third-order valence-corrected chi connectivity index (χ3v) is 9.26. The van der Waals surface area contributed by atoms with Gasteiger partial charge in [-0.15, -0.1) is 0 Å². The van der Waals surface area contributed by atoms with Gasteiger partial charge in [-0.1, -0.05) is 30.3 Å². The van der Waals surface area contributed by atoms with Gasteiger partial charge in [-0.25, -0.2) is 14.2 Å². The fraction of sp³-hybridized carbons (Fsp3) is 0.343. The number of methoxy groups -OCH3 is 1. The lowest BCUT2D eigenvalue weighted by atomic mass is 9.92. The van der Waals surface area contributed by atoms with Gasteiger partial charge in [0.05, 0.1) is 18.5 Å². The van der Waals surface area contributed by atoms with Crippen LogP contribution in [0.25, 0.3) is 22.4 Å². The van der Waals surface area contributed by atoms with E-state index in [1.807, 2.05) is 25.1 Å². The van der Waals surface area contributed by atoms with Crippen molar-refractivity contribution in [2.45, 2.75) is 57.4 Å². The maximum Gasteiger partial charge on any atom is 0.330 e. The predicted octanol–water partition coefficient (Wildman–Crippen LogP) is 4.61. The molecule has 2 aromatic heterocycles. The van der Waals surface area contributed by atoms with Crippen molar-refractivity contribution in [2.24, 2.45) is 14.1 Å². The number of aryl methyl sites for hydroxylation is 2. The Hall–Kier alpha value is -5.06. The molecule has 2 aromatic carbocycles. The van der Waals surface area contributed by atoms with Crippen LogP contribution in [0.4, 0.5) is 10.1 Å². The summed E-state index contributed by atoms with van der Waals surface area (Å²) in [6.07, 6.45) is 6.39. The van der Waals surface area contributed by atoms with Crippen molar-refractivity contribution in [3.8, 4) is 28.3 Å². The summed E-state index contributed by atoms with van der Waals surface area (Å²) in [5.74, 6) is -0.444. The number of carbonyl (C=O) groups is 2. The molecule has 10 nitrogen and oxygen atoms in total. The summed E-state index contributed by atoms with van der Waals surface area (Å²) in [4.78, 5) is 54.2. The van der Waals surface area contributed by atoms with Gasteiger partial charge in [-0.3, -0.25) is 19.0 Å². The molecule has 2 amide bonds. The van der Waals surface area contributed by atoms with Crippen molar-refractivity contribution in [1.29, 1.82) is 0 Å². The number of carbonyl (C=O) groups excluding carboxylic acids is 2. The van der Waals surface area contributed by atoms with Gasteiger partial charge >= 0.3 is 5.69 Å². The third-order valence-electron chi connectivity index (χ3n) is 9.26. The number of ether oxygens (including phenoxy) is 1. The van der Waals surface area contributed by atoms with Crippen molar-refractivity contribution in [1.82, 2.24) is 19.4 Å². The minimum absolute atomic E-state index is 0.0938. The maximum absolute atomic E-state index is 16.0. The van der Waals surface area contributed by atoms with Crippen LogP contribution in [-0.2, 0) is 25.3 Å². The Bertz CT molecular complexity index is 2000. The van der Waals surface area contributed by atoms with Crippen LogP contribution in [-0.4, -0.2) is 39.1 Å². The summed E-state index contributed by atoms with van der Waals surface area (Å²) in [6.45, 7) is 1.91. The van der Waals surface area contributed by atoms with Gasteiger partial charge in [-0.05, 0) is 73.8 Å². The van der Waals surface area contributed by atoms with Crippen molar-refractivity contribution in [3.05, 3.63) is 97.6 Å². The molecule has 2 atom stereocenters. The van der Waals surface area contributed by atoms with Crippen molar-refractivity contribution in [2.75, 3.05) is 12.4 Å². The number of nitrogens with one attached hydrogen (secondary N) is 2. The van der Waals surface area contributed by atoms with Crippen molar-refractivity contribution >= 4 is 17.5 Å². The van der Waals surface area contributed by atoms with Crippen LogP contribution in [0, 0.1) is 12.7 Å². The quantitative estimate of drug-likeness (QED) is 0.295. The Kier molecular flexibility index (Phi) is 8.33. The molecule has 4 aromatic rings.